The molecule has 3 heteroatoms. The molecule has 0 aliphatic carbocycles. The Hall–Kier alpha value is -1.77. The molecule has 1 atom stereocenters. The molecule has 102 valence electrons. The van der Waals surface area contributed by atoms with E-state index < -0.39 is 0 Å². The van der Waals surface area contributed by atoms with Crippen molar-refractivity contribution in [1.82, 2.24) is 0 Å². The highest BCUT2D eigenvalue weighted by atomic mass is 35.5. The molecule has 2 nitrogen and oxygen atoms in total. The maximum Gasteiger partial charge on any atom is 0.152 e. The summed E-state index contributed by atoms with van der Waals surface area (Å²) in [5.41, 5.74) is 10.5. The van der Waals surface area contributed by atoms with E-state index in [0.29, 0.717) is 10.6 Å². The number of rotatable bonds is 2. The molecular weight excluding hydrogens is 270 g/mol. The number of benzene rings is 2. The molecular formula is C17H16ClNO. The van der Waals surface area contributed by atoms with Crippen molar-refractivity contribution in [2.24, 2.45) is 5.73 Å². The molecule has 1 heterocycles. The van der Waals surface area contributed by atoms with Crippen molar-refractivity contribution in [3.8, 4) is 0 Å². The summed E-state index contributed by atoms with van der Waals surface area (Å²) >= 11 is 6.14. The number of hydrogen-bond acceptors (Lipinski definition) is 2. The lowest BCUT2D eigenvalue weighted by Gasteiger charge is -2.12. The Morgan fingerprint density at radius 3 is 2.60 bits per heavy atom. The van der Waals surface area contributed by atoms with Crippen LogP contribution >= 0.6 is 11.6 Å². The third-order valence-corrected chi connectivity index (χ3v) is 3.88. The first-order valence-electron chi connectivity index (χ1n) is 6.57. The lowest BCUT2D eigenvalue weighted by atomic mass is 9.98. The van der Waals surface area contributed by atoms with Crippen molar-refractivity contribution in [3.05, 3.63) is 69.9 Å². The third kappa shape index (κ3) is 2.21. The lowest BCUT2D eigenvalue weighted by molar-refractivity contribution is 0.524. The van der Waals surface area contributed by atoms with Crippen LogP contribution in [0.4, 0.5) is 0 Å². The Bertz CT molecular complexity index is 776. The van der Waals surface area contributed by atoms with Crippen molar-refractivity contribution in [2.75, 3.05) is 0 Å². The summed E-state index contributed by atoms with van der Waals surface area (Å²) in [6, 6.07) is 13.6. The molecule has 2 aromatic carbocycles. The predicted molar refractivity (Wildman–Crippen MR) is 83.2 cm³/mol. The molecule has 1 aromatic heterocycles. The number of fused-ring (bicyclic) bond motifs is 1. The minimum absolute atomic E-state index is 0.279. The van der Waals surface area contributed by atoms with Crippen molar-refractivity contribution < 1.29 is 4.42 Å². The maximum atomic E-state index is 6.34. The standard InChI is InChI=1S/C17H16ClNO/c1-10-6-7-13(11(2)8-10)16(19)15-9-12-4-3-5-14(18)17(12)20-15/h3-9,16H,19H2,1-2H3. The zero-order valence-electron chi connectivity index (χ0n) is 11.5. The van der Waals surface area contributed by atoms with Gasteiger partial charge in [-0.1, -0.05) is 47.5 Å². The zero-order chi connectivity index (χ0) is 14.3. The van der Waals surface area contributed by atoms with Gasteiger partial charge in [0.15, 0.2) is 5.58 Å². The van der Waals surface area contributed by atoms with Crippen molar-refractivity contribution in [1.29, 1.82) is 0 Å². The number of para-hydroxylation sites is 1. The van der Waals surface area contributed by atoms with Crippen LogP contribution in [-0.4, -0.2) is 0 Å². The second kappa shape index (κ2) is 4.97. The molecule has 3 aromatic rings. The molecule has 0 aliphatic heterocycles. The van der Waals surface area contributed by atoms with E-state index in [2.05, 4.69) is 32.0 Å². The fourth-order valence-corrected chi connectivity index (χ4v) is 2.75. The molecule has 0 saturated heterocycles. The fraction of sp³-hybridized carbons (Fsp3) is 0.176. The van der Waals surface area contributed by atoms with E-state index in [9.17, 15) is 0 Å². The topological polar surface area (TPSA) is 39.2 Å². The van der Waals surface area contributed by atoms with E-state index in [-0.39, 0.29) is 6.04 Å². The summed E-state index contributed by atoms with van der Waals surface area (Å²) in [6.07, 6.45) is 0. The van der Waals surface area contributed by atoms with Gasteiger partial charge < -0.3 is 10.2 Å². The van der Waals surface area contributed by atoms with Gasteiger partial charge in [-0.25, -0.2) is 0 Å². The van der Waals surface area contributed by atoms with Crippen LogP contribution in [0.25, 0.3) is 11.0 Å². The highest BCUT2D eigenvalue weighted by Gasteiger charge is 2.17. The summed E-state index contributed by atoms with van der Waals surface area (Å²) < 4.78 is 5.84. The first-order valence-corrected chi connectivity index (χ1v) is 6.95. The largest absolute Gasteiger partial charge is 0.457 e. The van der Waals surface area contributed by atoms with Gasteiger partial charge >= 0.3 is 0 Å². The predicted octanol–water partition coefficient (Wildman–Crippen LogP) is 4.75. The lowest BCUT2D eigenvalue weighted by Crippen LogP contribution is -2.12. The van der Waals surface area contributed by atoms with Gasteiger partial charge in [-0.3, -0.25) is 0 Å². The number of halogens is 1. The first kappa shape index (κ1) is 13.2. The molecule has 2 N–H and O–H groups in total. The van der Waals surface area contributed by atoms with E-state index in [4.69, 9.17) is 21.8 Å². The molecule has 0 aliphatic rings. The number of aryl methyl sites for hydroxylation is 2. The Balaban J connectivity index is 2.08. The van der Waals surface area contributed by atoms with Gasteiger partial charge in [0.2, 0.25) is 0 Å². The van der Waals surface area contributed by atoms with Gasteiger partial charge in [0.25, 0.3) is 0 Å². The second-order valence-electron chi connectivity index (χ2n) is 5.14. The van der Waals surface area contributed by atoms with Gasteiger partial charge in [-0.05, 0) is 37.1 Å². The fourth-order valence-electron chi connectivity index (χ4n) is 2.53. The zero-order valence-corrected chi connectivity index (χ0v) is 12.2. The minimum Gasteiger partial charge on any atom is -0.457 e. The Kier molecular flexibility index (Phi) is 3.28. The molecule has 0 amide bonds. The summed E-state index contributed by atoms with van der Waals surface area (Å²) in [7, 11) is 0. The van der Waals surface area contributed by atoms with Gasteiger partial charge in [-0.2, -0.15) is 0 Å². The summed E-state index contributed by atoms with van der Waals surface area (Å²) in [4.78, 5) is 0. The smallest absolute Gasteiger partial charge is 0.152 e. The maximum absolute atomic E-state index is 6.34. The van der Waals surface area contributed by atoms with Crippen LogP contribution in [0.3, 0.4) is 0 Å². The highest BCUT2D eigenvalue weighted by molar-refractivity contribution is 6.34. The molecule has 0 spiro atoms. The van der Waals surface area contributed by atoms with Crippen LogP contribution in [0.2, 0.25) is 5.02 Å². The Labute approximate surface area is 123 Å². The molecule has 3 rings (SSSR count). The van der Waals surface area contributed by atoms with Crippen LogP contribution in [0.15, 0.2) is 46.9 Å². The van der Waals surface area contributed by atoms with Crippen molar-refractivity contribution in [3.63, 3.8) is 0 Å². The quantitative estimate of drug-likeness (QED) is 0.738. The second-order valence-corrected chi connectivity index (χ2v) is 5.55. The SMILES string of the molecule is Cc1ccc(C(N)c2cc3cccc(Cl)c3o2)c(C)c1. The molecule has 1 unspecified atom stereocenters. The Morgan fingerprint density at radius 2 is 1.90 bits per heavy atom. The van der Waals surface area contributed by atoms with Gasteiger partial charge in [0.1, 0.15) is 5.76 Å². The van der Waals surface area contributed by atoms with E-state index in [1.807, 2.05) is 24.3 Å². The number of hydrogen-bond donors (Lipinski definition) is 1. The average Bonchev–Trinajstić information content (AvgIpc) is 2.83. The summed E-state index contributed by atoms with van der Waals surface area (Å²) in [5, 5.41) is 1.59. The van der Waals surface area contributed by atoms with E-state index in [1.165, 1.54) is 11.1 Å². The van der Waals surface area contributed by atoms with E-state index >= 15 is 0 Å². The monoisotopic (exact) mass is 285 g/mol. The molecule has 0 saturated carbocycles. The summed E-state index contributed by atoms with van der Waals surface area (Å²) in [6.45, 7) is 4.14. The average molecular weight is 286 g/mol. The number of furan rings is 1. The van der Waals surface area contributed by atoms with E-state index in [0.717, 1.165) is 16.7 Å². The molecule has 20 heavy (non-hydrogen) atoms. The van der Waals surface area contributed by atoms with E-state index in [1.54, 1.807) is 0 Å². The van der Waals surface area contributed by atoms with Crippen molar-refractivity contribution in [2.45, 2.75) is 19.9 Å². The van der Waals surface area contributed by atoms with Crippen LogP contribution in [0.5, 0.6) is 0 Å². The van der Waals surface area contributed by atoms with Gasteiger partial charge in [0, 0.05) is 5.39 Å². The summed E-state index contributed by atoms with van der Waals surface area (Å²) in [5.74, 6) is 0.736. The first-order chi connectivity index (χ1) is 9.56. The Morgan fingerprint density at radius 1 is 1.10 bits per heavy atom. The van der Waals surface area contributed by atoms with Crippen LogP contribution < -0.4 is 5.73 Å². The molecule has 0 bridgehead atoms. The van der Waals surface area contributed by atoms with Crippen LogP contribution in [-0.2, 0) is 0 Å². The van der Waals surface area contributed by atoms with Crippen LogP contribution in [0, 0.1) is 13.8 Å². The number of nitrogens with two attached hydrogens (primary N) is 1. The van der Waals surface area contributed by atoms with Crippen LogP contribution in [0.1, 0.15) is 28.5 Å². The van der Waals surface area contributed by atoms with Gasteiger partial charge in [-0.15, -0.1) is 0 Å². The minimum atomic E-state index is -0.279. The third-order valence-electron chi connectivity index (χ3n) is 3.58. The molecule has 0 fully saturated rings. The van der Waals surface area contributed by atoms with Gasteiger partial charge in [0.05, 0.1) is 11.1 Å². The normalized spacial score (nSPS) is 12.8. The van der Waals surface area contributed by atoms with Crippen molar-refractivity contribution >= 4 is 22.6 Å². The highest BCUT2D eigenvalue weighted by Crippen LogP contribution is 2.31. The molecule has 0 radical (unpaired) electrons.